The highest BCUT2D eigenvalue weighted by Gasteiger charge is 2.17. The molecule has 0 saturated heterocycles. The number of oxime groups is 1. The molecule has 0 amide bonds. The fourth-order valence-electron chi connectivity index (χ4n) is 3.91. The van der Waals surface area contributed by atoms with Gasteiger partial charge in [-0.1, -0.05) is 47.6 Å². The molecule has 0 radical (unpaired) electrons. The first-order valence-electron chi connectivity index (χ1n) is 11.3. The number of benzene rings is 3. The zero-order chi connectivity index (χ0) is 23.9. The number of aromatic nitrogens is 1. The standard InChI is InChI=1S/C29H27N3O2/c1-4-33-27-16-14-26(15-17-27)32-22(3)28(18-29(32)25-8-6-5-7-9-25)21(2)31-34-20-24-12-10-23(19-30)11-13-24/h5-18H,4,20H2,1-3H3/b31-21-. The van der Waals surface area contributed by atoms with Gasteiger partial charge in [0.05, 0.1) is 29.6 Å². The van der Waals surface area contributed by atoms with E-state index in [1.54, 1.807) is 12.1 Å². The van der Waals surface area contributed by atoms with Crippen LogP contribution in [0.1, 0.15) is 36.2 Å². The average molecular weight is 450 g/mol. The predicted octanol–water partition coefficient (Wildman–Crippen LogP) is 6.66. The minimum atomic E-state index is 0.341. The van der Waals surface area contributed by atoms with Gasteiger partial charge in [0.25, 0.3) is 0 Å². The Morgan fingerprint density at radius 1 is 0.971 bits per heavy atom. The molecule has 0 bridgehead atoms. The lowest BCUT2D eigenvalue weighted by atomic mass is 10.1. The maximum Gasteiger partial charge on any atom is 0.142 e. The maximum atomic E-state index is 8.94. The molecule has 1 aromatic heterocycles. The number of nitrogens with zero attached hydrogens (tertiary/aromatic N) is 3. The average Bonchev–Trinajstić information content (AvgIpc) is 3.22. The highest BCUT2D eigenvalue weighted by Crippen LogP contribution is 2.30. The summed E-state index contributed by atoms with van der Waals surface area (Å²) in [5.74, 6) is 0.853. The molecule has 5 heteroatoms. The van der Waals surface area contributed by atoms with Gasteiger partial charge in [-0.25, -0.2) is 0 Å². The van der Waals surface area contributed by atoms with E-state index in [2.05, 4.69) is 53.0 Å². The van der Waals surface area contributed by atoms with E-state index in [0.29, 0.717) is 18.8 Å². The summed E-state index contributed by atoms with van der Waals surface area (Å²) >= 11 is 0. The molecule has 4 rings (SSSR count). The second kappa shape index (κ2) is 10.5. The molecule has 0 atom stereocenters. The van der Waals surface area contributed by atoms with E-state index in [0.717, 1.165) is 45.2 Å². The van der Waals surface area contributed by atoms with Crippen molar-refractivity contribution >= 4 is 5.71 Å². The molecule has 4 aromatic rings. The summed E-state index contributed by atoms with van der Waals surface area (Å²) in [7, 11) is 0. The summed E-state index contributed by atoms with van der Waals surface area (Å²) in [5, 5.41) is 13.3. The molecule has 0 aliphatic heterocycles. The smallest absolute Gasteiger partial charge is 0.142 e. The molecule has 5 nitrogen and oxygen atoms in total. The van der Waals surface area contributed by atoms with Gasteiger partial charge in [-0.15, -0.1) is 0 Å². The van der Waals surface area contributed by atoms with Crippen molar-refractivity contribution in [3.63, 3.8) is 0 Å². The van der Waals surface area contributed by atoms with Crippen LogP contribution in [0.25, 0.3) is 16.9 Å². The molecule has 0 aliphatic carbocycles. The minimum Gasteiger partial charge on any atom is -0.494 e. The Balaban J connectivity index is 1.65. The fraction of sp³-hybridized carbons (Fsp3) is 0.172. The number of hydrogen-bond acceptors (Lipinski definition) is 4. The Morgan fingerprint density at radius 3 is 2.32 bits per heavy atom. The molecule has 0 aliphatic rings. The molecule has 1 heterocycles. The van der Waals surface area contributed by atoms with E-state index in [9.17, 15) is 0 Å². The predicted molar refractivity (Wildman–Crippen MR) is 135 cm³/mol. The molecular weight excluding hydrogens is 422 g/mol. The summed E-state index contributed by atoms with van der Waals surface area (Å²) in [6.07, 6.45) is 0. The largest absolute Gasteiger partial charge is 0.494 e. The maximum absolute atomic E-state index is 8.94. The lowest BCUT2D eigenvalue weighted by molar-refractivity contribution is 0.130. The minimum absolute atomic E-state index is 0.341. The number of nitriles is 1. The highest BCUT2D eigenvalue weighted by atomic mass is 16.6. The quantitative estimate of drug-likeness (QED) is 0.223. The topological polar surface area (TPSA) is 59.5 Å². The summed E-state index contributed by atoms with van der Waals surface area (Å²) < 4.78 is 7.85. The monoisotopic (exact) mass is 449 g/mol. The van der Waals surface area contributed by atoms with E-state index in [1.807, 2.05) is 56.3 Å². The van der Waals surface area contributed by atoms with Gasteiger partial charge in [0.2, 0.25) is 0 Å². The lowest BCUT2D eigenvalue weighted by Crippen LogP contribution is -2.03. The van der Waals surface area contributed by atoms with E-state index in [4.69, 9.17) is 14.8 Å². The van der Waals surface area contributed by atoms with Crippen LogP contribution in [0, 0.1) is 18.3 Å². The zero-order valence-corrected chi connectivity index (χ0v) is 19.7. The molecule has 34 heavy (non-hydrogen) atoms. The Morgan fingerprint density at radius 2 is 1.68 bits per heavy atom. The van der Waals surface area contributed by atoms with Gasteiger partial charge < -0.3 is 14.1 Å². The van der Waals surface area contributed by atoms with E-state index in [-0.39, 0.29) is 0 Å². The summed E-state index contributed by atoms with van der Waals surface area (Å²) in [6.45, 7) is 7.01. The van der Waals surface area contributed by atoms with Crippen molar-refractivity contribution in [2.24, 2.45) is 5.16 Å². The number of ether oxygens (including phenoxy) is 1. The number of hydrogen-bond donors (Lipinski definition) is 0. The van der Waals surface area contributed by atoms with Crippen LogP contribution >= 0.6 is 0 Å². The van der Waals surface area contributed by atoms with Crippen molar-refractivity contribution in [2.75, 3.05) is 6.61 Å². The molecular formula is C29H27N3O2. The van der Waals surface area contributed by atoms with Crippen molar-refractivity contribution in [3.05, 3.63) is 107 Å². The van der Waals surface area contributed by atoms with Crippen LogP contribution in [0.3, 0.4) is 0 Å². The van der Waals surface area contributed by atoms with Crippen molar-refractivity contribution in [3.8, 4) is 28.8 Å². The van der Waals surface area contributed by atoms with Gasteiger partial charge in [-0.3, -0.25) is 0 Å². The van der Waals surface area contributed by atoms with Gasteiger partial charge in [-0.05, 0) is 74.4 Å². The van der Waals surface area contributed by atoms with Crippen LogP contribution in [-0.2, 0) is 11.4 Å². The van der Waals surface area contributed by atoms with Crippen molar-refractivity contribution in [1.29, 1.82) is 5.26 Å². The van der Waals surface area contributed by atoms with Crippen molar-refractivity contribution < 1.29 is 9.57 Å². The first-order chi connectivity index (χ1) is 16.6. The molecule has 0 fully saturated rings. The van der Waals surface area contributed by atoms with Gasteiger partial charge in [-0.2, -0.15) is 5.26 Å². The molecule has 0 N–H and O–H groups in total. The van der Waals surface area contributed by atoms with Crippen LogP contribution in [-0.4, -0.2) is 16.9 Å². The third kappa shape index (κ3) is 5.02. The van der Waals surface area contributed by atoms with Gasteiger partial charge in [0.1, 0.15) is 12.4 Å². The van der Waals surface area contributed by atoms with Crippen molar-refractivity contribution in [1.82, 2.24) is 4.57 Å². The van der Waals surface area contributed by atoms with E-state index >= 15 is 0 Å². The third-order valence-electron chi connectivity index (χ3n) is 5.63. The first-order valence-corrected chi connectivity index (χ1v) is 11.3. The lowest BCUT2D eigenvalue weighted by Gasteiger charge is -2.13. The molecule has 0 spiro atoms. The Labute approximate surface area is 200 Å². The van der Waals surface area contributed by atoms with Crippen LogP contribution in [0.5, 0.6) is 5.75 Å². The van der Waals surface area contributed by atoms with Crippen molar-refractivity contribution in [2.45, 2.75) is 27.4 Å². The van der Waals surface area contributed by atoms with Gasteiger partial charge in [0.15, 0.2) is 0 Å². The zero-order valence-electron chi connectivity index (χ0n) is 19.7. The molecule has 3 aromatic carbocycles. The van der Waals surface area contributed by atoms with Crippen LogP contribution < -0.4 is 4.74 Å². The van der Waals surface area contributed by atoms with E-state index in [1.165, 1.54) is 0 Å². The second-order valence-corrected chi connectivity index (χ2v) is 7.92. The molecule has 0 unspecified atom stereocenters. The first kappa shape index (κ1) is 22.9. The van der Waals surface area contributed by atoms with Crippen LogP contribution in [0.15, 0.2) is 90.1 Å². The summed E-state index contributed by atoms with van der Waals surface area (Å²) in [6, 6.07) is 30.1. The molecule has 0 saturated carbocycles. The Hall–Kier alpha value is -4.30. The van der Waals surface area contributed by atoms with E-state index < -0.39 is 0 Å². The van der Waals surface area contributed by atoms with Crippen LogP contribution in [0.2, 0.25) is 0 Å². The van der Waals surface area contributed by atoms with Gasteiger partial charge >= 0.3 is 0 Å². The van der Waals surface area contributed by atoms with Crippen LogP contribution in [0.4, 0.5) is 0 Å². The SMILES string of the molecule is CCOc1ccc(-n2c(-c3ccccc3)cc(/C(C)=N\OCc3ccc(C#N)cc3)c2C)cc1. The second-order valence-electron chi connectivity index (χ2n) is 7.92. The highest BCUT2D eigenvalue weighted by molar-refractivity contribution is 6.01. The number of rotatable bonds is 8. The fourth-order valence-corrected chi connectivity index (χ4v) is 3.91. The summed E-state index contributed by atoms with van der Waals surface area (Å²) in [4.78, 5) is 5.65. The third-order valence-corrected chi connectivity index (χ3v) is 5.63. The molecule has 170 valence electrons. The van der Waals surface area contributed by atoms with Gasteiger partial charge in [0, 0.05) is 16.9 Å². The summed E-state index contributed by atoms with van der Waals surface area (Å²) in [5.41, 5.74) is 7.74. The Kier molecular flexibility index (Phi) is 7.10. The Bertz CT molecular complexity index is 1310. The normalized spacial score (nSPS) is 11.2.